The van der Waals surface area contributed by atoms with Gasteiger partial charge in [-0.05, 0) is 107 Å². The maximum Gasteiger partial charge on any atom is 0.137 e. The van der Waals surface area contributed by atoms with Crippen molar-refractivity contribution in [3.63, 3.8) is 0 Å². The Hall–Kier alpha value is -2.53. The number of fused-ring (bicyclic) bond motifs is 2. The average molecular weight is 456 g/mol. The molecule has 1 aromatic carbocycles. The Balaban J connectivity index is 1.10. The minimum Gasteiger partial charge on any atom is -0.371 e. The lowest BCUT2D eigenvalue weighted by molar-refractivity contribution is -0.00644. The van der Waals surface area contributed by atoms with E-state index in [-0.39, 0.29) is 0 Å². The number of likely N-dealkylation sites (tertiary alicyclic amines) is 1. The zero-order valence-electron chi connectivity index (χ0n) is 20.5. The molecule has 178 valence electrons. The van der Waals surface area contributed by atoms with Crippen molar-refractivity contribution in [2.24, 2.45) is 5.41 Å². The van der Waals surface area contributed by atoms with Crippen molar-refractivity contribution in [1.82, 2.24) is 14.9 Å². The van der Waals surface area contributed by atoms with Gasteiger partial charge in [0.1, 0.15) is 5.65 Å². The van der Waals surface area contributed by atoms with Gasteiger partial charge in [0.25, 0.3) is 0 Å². The largest absolute Gasteiger partial charge is 0.371 e. The van der Waals surface area contributed by atoms with Crippen LogP contribution in [0.5, 0.6) is 0 Å². The van der Waals surface area contributed by atoms with Gasteiger partial charge in [0, 0.05) is 48.6 Å². The van der Waals surface area contributed by atoms with E-state index in [1.165, 1.54) is 98.4 Å². The van der Waals surface area contributed by atoms with Crippen molar-refractivity contribution in [3.05, 3.63) is 47.8 Å². The summed E-state index contributed by atoms with van der Waals surface area (Å²) in [4.78, 5) is 16.2. The number of nitrogens with one attached hydrogen (secondary N) is 1. The molecule has 0 bridgehead atoms. The van der Waals surface area contributed by atoms with E-state index in [0.29, 0.717) is 5.41 Å². The summed E-state index contributed by atoms with van der Waals surface area (Å²) in [5.74, 6) is 0. The zero-order valence-corrected chi connectivity index (χ0v) is 20.5. The Kier molecular flexibility index (Phi) is 4.90. The van der Waals surface area contributed by atoms with Crippen LogP contribution in [0.2, 0.25) is 0 Å². The van der Waals surface area contributed by atoms with E-state index < -0.39 is 0 Å². The lowest BCUT2D eigenvalue weighted by Crippen LogP contribution is -2.54. The summed E-state index contributed by atoms with van der Waals surface area (Å²) in [6.45, 7) is 8.44. The van der Waals surface area contributed by atoms with Crippen molar-refractivity contribution in [3.8, 4) is 0 Å². The van der Waals surface area contributed by atoms with Crippen LogP contribution >= 0.6 is 0 Å². The number of hydrogen-bond acceptors (Lipinski definition) is 4. The molecule has 5 heterocycles. The molecule has 1 saturated carbocycles. The van der Waals surface area contributed by atoms with Gasteiger partial charge in [0.15, 0.2) is 0 Å². The van der Waals surface area contributed by atoms with Crippen LogP contribution < -0.4 is 9.80 Å². The molecule has 5 nitrogen and oxygen atoms in total. The number of hydrogen-bond donors (Lipinski definition) is 1. The van der Waals surface area contributed by atoms with Crippen LogP contribution in [-0.2, 0) is 6.42 Å². The van der Waals surface area contributed by atoms with Crippen molar-refractivity contribution in [2.45, 2.75) is 64.3 Å². The Labute approximate surface area is 203 Å². The summed E-state index contributed by atoms with van der Waals surface area (Å²) >= 11 is 0. The molecular weight excluding hydrogens is 418 g/mol. The van der Waals surface area contributed by atoms with Gasteiger partial charge >= 0.3 is 0 Å². The minimum atomic E-state index is 0.636. The third-order valence-electron chi connectivity index (χ3n) is 9.34. The molecule has 2 saturated heterocycles. The van der Waals surface area contributed by atoms with Gasteiger partial charge in [0.2, 0.25) is 0 Å². The SMILES string of the molecule is Cc1ccc(N2CCC3(CC2)CC(N2CCCC2)C3)cc1N1CCCc2nc3[nH]ccc3cc21. The maximum atomic E-state index is 4.95. The van der Waals surface area contributed by atoms with E-state index in [0.717, 1.165) is 31.1 Å². The van der Waals surface area contributed by atoms with Crippen LogP contribution in [0.25, 0.3) is 11.0 Å². The molecule has 7 rings (SSSR count). The highest BCUT2D eigenvalue weighted by Gasteiger charge is 2.48. The molecule has 0 atom stereocenters. The average Bonchev–Trinajstić information content (AvgIpc) is 3.53. The van der Waals surface area contributed by atoms with E-state index >= 15 is 0 Å². The number of aryl methyl sites for hydroxylation is 2. The molecule has 0 radical (unpaired) electrons. The quantitative estimate of drug-likeness (QED) is 0.542. The fourth-order valence-corrected chi connectivity index (χ4v) is 7.24. The molecule has 1 N–H and O–H groups in total. The first kappa shape index (κ1) is 20.8. The maximum absolute atomic E-state index is 4.95. The Morgan fingerprint density at radius 1 is 0.912 bits per heavy atom. The second-order valence-electron chi connectivity index (χ2n) is 11.4. The molecule has 3 aromatic rings. The van der Waals surface area contributed by atoms with Crippen LogP contribution in [-0.4, -0.2) is 53.6 Å². The number of pyridine rings is 1. The first-order valence-electron chi connectivity index (χ1n) is 13.5. The number of nitrogens with zero attached hydrogens (tertiary/aromatic N) is 4. The summed E-state index contributed by atoms with van der Waals surface area (Å²) in [7, 11) is 0. The molecule has 3 aliphatic heterocycles. The summed E-state index contributed by atoms with van der Waals surface area (Å²) in [6, 6.07) is 12.5. The fraction of sp³-hybridized carbons (Fsp3) is 0.552. The number of piperidine rings is 1. The van der Waals surface area contributed by atoms with Crippen LogP contribution in [0, 0.1) is 12.3 Å². The van der Waals surface area contributed by atoms with Gasteiger partial charge in [-0.15, -0.1) is 0 Å². The topological polar surface area (TPSA) is 38.4 Å². The molecule has 2 aromatic heterocycles. The van der Waals surface area contributed by atoms with E-state index in [4.69, 9.17) is 4.98 Å². The Bertz CT molecular complexity index is 1190. The summed E-state index contributed by atoms with van der Waals surface area (Å²) in [6.07, 6.45) is 12.7. The molecule has 5 heteroatoms. The van der Waals surface area contributed by atoms with Crippen molar-refractivity contribution in [1.29, 1.82) is 0 Å². The highest BCUT2D eigenvalue weighted by Crippen LogP contribution is 2.52. The molecule has 0 unspecified atom stereocenters. The van der Waals surface area contributed by atoms with E-state index in [9.17, 15) is 0 Å². The number of H-pyrrole nitrogens is 1. The lowest BCUT2D eigenvalue weighted by atomic mass is 9.60. The van der Waals surface area contributed by atoms with E-state index in [1.54, 1.807) is 0 Å². The fourth-order valence-electron chi connectivity index (χ4n) is 7.24. The van der Waals surface area contributed by atoms with Crippen molar-refractivity contribution >= 4 is 28.1 Å². The van der Waals surface area contributed by atoms with Crippen LogP contribution in [0.4, 0.5) is 17.1 Å². The summed E-state index contributed by atoms with van der Waals surface area (Å²) < 4.78 is 0. The normalized spacial score (nSPS) is 23.0. The zero-order chi connectivity index (χ0) is 22.7. The van der Waals surface area contributed by atoms with Crippen molar-refractivity contribution in [2.75, 3.05) is 42.5 Å². The molecule has 0 amide bonds. The number of aromatic nitrogens is 2. The lowest BCUT2D eigenvalue weighted by Gasteiger charge is -2.55. The van der Waals surface area contributed by atoms with Gasteiger partial charge in [-0.2, -0.15) is 0 Å². The smallest absolute Gasteiger partial charge is 0.137 e. The predicted octanol–water partition coefficient (Wildman–Crippen LogP) is 5.80. The predicted molar refractivity (Wildman–Crippen MR) is 140 cm³/mol. The third-order valence-corrected chi connectivity index (χ3v) is 9.34. The standard InChI is InChI=1S/C29H37N5/c1-21-6-7-23(33-15-9-29(10-16-33)19-24(20-29)32-12-2-3-13-32)18-26(21)34-14-4-5-25-27(34)17-22-8-11-30-28(22)31-25/h6-8,11,17-18,24H,2-5,9-10,12-16,19-20H2,1H3,(H,30,31). The second kappa shape index (κ2) is 8.01. The van der Waals surface area contributed by atoms with Crippen LogP contribution in [0.1, 0.15) is 56.2 Å². The van der Waals surface area contributed by atoms with E-state index in [2.05, 4.69) is 56.9 Å². The van der Waals surface area contributed by atoms with Gasteiger partial charge in [0.05, 0.1) is 11.4 Å². The van der Waals surface area contributed by atoms with Crippen LogP contribution in [0.15, 0.2) is 36.5 Å². The third kappa shape index (κ3) is 3.43. The highest BCUT2D eigenvalue weighted by atomic mass is 15.2. The monoisotopic (exact) mass is 455 g/mol. The number of aromatic amines is 1. The number of benzene rings is 1. The molecule has 34 heavy (non-hydrogen) atoms. The molecule has 1 spiro atoms. The second-order valence-corrected chi connectivity index (χ2v) is 11.4. The van der Waals surface area contributed by atoms with E-state index in [1.807, 2.05) is 6.20 Å². The molecular formula is C29H37N5. The number of anilines is 3. The first-order chi connectivity index (χ1) is 16.7. The molecule has 1 aliphatic carbocycles. The van der Waals surface area contributed by atoms with Gasteiger partial charge in [-0.3, -0.25) is 0 Å². The minimum absolute atomic E-state index is 0.636. The highest BCUT2D eigenvalue weighted by molar-refractivity contribution is 5.83. The van der Waals surface area contributed by atoms with Crippen molar-refractivity contribution < 1.29 is 0 Å². The summed E-state index contributed by atoms with van der Waals surface area (Å²) in [5.41, 5.74) is 8.27. The Morgan fingerprint density at radius 2 is 1.74 bits per heavy atom. The first-order valence-corrected chi connectivity index (χ1v) is 13.5. The number of rotatable bonds is 3. The summed E-state index contributed by atoms with van der Waals surface area (Å²) in [5, 5.41) is 1.20. The molecule has 4 aliphatic rings. The van der Waals surface area contributed by atoms with Gasteiger partial charge in [-0.1, -0.05) is 6.07 Å². The van der Waals surface area contributed by atoms with Crippen LogP contribution in [0.3, 0.4) is 0 Å². The van der Waals surface area contributed by atoms with Gasteiger partial charge in [-0.25, -0.2) is 4.98 Å². The van der Waals surface area contributed by atoms with Gasteiger partial charge < -0.3 is 19.7 Å². The molecule has 3 fully saturated rings. The Morgan fingerprint density at radius 3 is 2.56 bits per heavy atom.